The van der Waals surface area contributed by atoms with Gasteiger partial charge in [0, 0.05) is 32.7 Å². The third-order valence-electron chi connectivity index (χ3n) is 0.499. The number of allylic oxidation sites excluding steroid dienone is 2. The van der Waals surface area contributed by atoms with E-state index in [2.05, 4.69) is 13.8 Å². The van der Waals surface area contributed by atoms with Gasteiger partial charge in [0.05, 0.1) is 5.24 Å². The molecule has 0 fully saturated rings. The second-order valence-electron chi connectivity index (χ2n) is 1.00. The van der Waals surface area contributed by atoms with Crippen LogP contribution >= 0.6 is 11.6 Å². The van der Waals surface area contributed by atoms with Crippen LogP contribution in [0, 0.1) is 13.8 Å². The molecule has 4 heteroatoms. The first-order chi connectivity index (χ1) is 3.18. The maximum absolute atomic E-state index is 9.97. The van der Waals surface area contributed by atoms with Gasteiger partial charge >= 0.3 is 21.1 Å². The van der Waals surface area contributed by atoms with Crippen LogP contribution < -0.4 is 0 Å². The molecule has 0 aliphatic rings. The summed E-state index contributed by atoms with van der Waals surface area (Å²) in [6.07, 6.45) is 1.31. The molecule has 0 bridgehead atoms. The second kappa shape index (κ2) is 9.23. The molecule has 0 rings (SSSR count). The predicted octanol–water partition coefficient (Wildman–Crippen LogP) is 1.34. The molecule has 1 radical (unpaired) electrons. The van der Waals surface area contributed by atoms with E-state index in [1.54, 1.807) is 0 Å². The number of rotatable bonds is 1. The molecule has 0 aliphatic heterocycles. The van der Waals surface area contributed by atoms with Crippen LogP contribution in [-0.2, 0) is 58.6 Å². The molecule has 0 saturated carbocycles. The van der Waals surface area contributed by atoms with Crippen molar-refractivity contribution in [3.8, 4) is 0 Å². The molecule has 0 spiro atoms. The molecule has 0 atom stereocenters. The number of carbonyl (C=O) groups is 1. The monoisotopic (exact) mass is 389 g/mol. The normalized spacial score (nSPS) is 8.78. The SMILES string of the molecule is [CH2-]/C=C(\[CH2-])C(=O)Cl.[W+2].[Y]. The molecule has 0 unspecified atom stereocenters. The molecule has 0 aromatic rings. The van der Waals surface area contributed by atoms with Crippen LogP contribution in [0.4, 0.5) is 0 Å². The molecule has 0 heterocycles. The zero-order valence-corrected chi connectivity index (χ0v) is 11.3. The van der Waals surface area contributed by atoms with Gasteiger partial charge in [-0.3, -0.25) is 12.5 Å². The van der Waals surface area contributed by atoms with E-state index in [9.17, 15) is 4.79 Å². The fraction of sp³-hybridized carbons (Fsp3) is 0. The predicted molar refractivity (Wildman–Crippen MR) is 29.7 cm³/mol. The number of hydrogen-bond acceptors (Lipinski definition) is 1. The summed E-state index contributed by atoms with van der Waals surface area (Å²) in [6, 6.07) is 0. The summed E-state index contributed by atoms with van der Waals surface area (Å²) < 4.78 is 0. The molecule has 9 heavy (non-hydrogen) atoms. The minimum Gasteiger partial charge on any atom is -0.374 e. The molecule has 47 valence electrons. The van der Waals surface area contributed by atoms with Crippen molar-refractivity contribution in [2.45, 2.75) is 0 Å². The van der Waals surface area contributed by atoms with Gasteiger partial charge in [-0.15, -0.1) is 11.6 Å². The van der Waals surface area contributed by atoms with E-state index < -0.39 is 5.24 Å². The minimum absolute atomic E-state index is 0. The average molecular weight is 389 g/mol. The van der Waals surface area contributed by atoms with Crippen molar-refractivity contribution in [3.05, 3.63) is 25.5 Å². The Bertz CT molecular complexity index is 114. The van der Waals surface area contributed by atoms with Gasteiger partial charge in [0.1, 0.15) is 0 Å². The van der Waals surface area contributed by atoms with E-state index in [0.717, 1.165) is 0 Å². The van der Waals surface area contributed by atoms with Crippen molar-refractivity contribution >= 4 is 16.8 Å². The van der Waals surface area contributed by atoms with Gasteiger partial charge in [-0.1, -0.05) is 0 Å². The molecule has 0 aliphatic carbocycles. The molecule has 0 aromatic carbocycles. The van der Waals surface area contributed by atoms with Crippen molar-refractivity contribution in [3.63, 3.8) is 0 Å². The maximum Gasteiger partial charge on any atom is 2.00 e. The summed E-state index contributed by atoms with van der Waals surface area (Å²) in [5, 5.41) is -0.546. The summed E-state index contributed by atoms with van der Waals surface area (Å²) in [7, 11) is 0. The topological polar surface area (TPSA) is 17.1 Å². The number of halogens is 1. The van der Waals surface area contributed by atoms with Gasteiger partial charge in [-0.2, -0.15) is 0 Å². The first-order valence-electron chi connectivity index (χ1n) is 1.69. The minimum atomic E-state index is -0.546. The fourth-order valence-corrected chi connectivity index (χ4v) is 0.157. The first-order valence-corrected chi connectivity index (χ1v) is 2.07. The Hall–Kier alpha value is 1.23. The molecule has 0 amide bonds. The van der Waals surface area contributed by atoms with Crippen LogP contribution in [0.2, 0.25) is 0 Å². The first kappa shape index (κ1) is 16.7. The van der Waals surface area contributed by atoms with Crippen LogP contribution in [0.3, 0.4) is 0 Å². The largest absolute Gasteiger partial charge is 2.00 e. The Labute approximate surface area is 99.7 Å². The summed E-state index contributed by atoms with van der Waals surface area (Å²) in [5.41, 5.74) is 0.238. The van der Waals surface area contributed by atoms with Crippen LogP contribution in [0.25, 0.3) is 0 Å². The van der Waals surface area contributed by atoms with Crippen molar-refractivity contribution in [1.82, 2.24) is 0 Å². The van der Waals surface area contributed by atoms with E-state index in [-0.39, 0.29) is 59.3 Å². The molecule has 1 nitrogen and oxygen atoms in total. The Kier molecular flexibility index (Phi) is 17.1. The molecule has 0 aromatic heterocycles. The molecular formula is C5H5ClOWY. The molecule has 0 saturated heterocycles. The summed E-state index contributed by atoms with van der Waals surface area (Å²) in [4.78, 5) is 9.97. The van der Waals surface area contributed by atoms with Gasteiger partial charge < -0.3 is 17.8 Å². The summed E-state index contributed by atoms with van der Waals surface area (Å²) in [6.45, 7) is 6.55. The van der Waals surface area contributed by atoms with Crippen molar-refractivity contribution in [2.75, 3.05) is 0 Å². The van der Waals surface area contributed by atoms with E-state index in [4.69, 9.17) is 11.6 Å². The Morgan fingerprint density at radius 1 is 1.56 bits per heavy atom. The van der Waals surface area contributed by atoms with Crippen LogP contribution in [0.15, 0.2) is 11.6 Å². The van der Waals surface area contributed by atoms with Crippen LogP contribution in [0.5, 0.6) is 0 Å². The Morgan fingerprint density at radius 2 is 1.89 bits per heavy atom. The van der Waals surface area contributed by atoms with Gasteiger partial charge in [0.15, 0.2) is 0 Å². The van der Waals surface area contributed by atoms with E-state index in [1.165, 1.54) is 6.08 Å². The second-order valence-corrected chi connectivity index (χ2v) is 1.35. The third kappa shape index (κ3) is 9.23. The summed E-state index contributed by atoms with van der Waals surface area (Å²) in [5.74, 6) is 0. The third-order valence-corrected chi connectivity index (χ3v) is 0.742. The summed E-state index contributed by atoms with van der Waals surface area (Å²) >= 11 is 4.92. The van der Waals surface area contributed by atoms with E-state index in [1.807, 2.05) is 0 Å². The van der Waals surface area contributed by atoms with Crippen molar-refractivity contribution in [1.29, 1.82) is 0 Å². The van der Waals surface area contributed by atoms with Gasteiger partial charge in [0.2, 0.25) is 0 Å². The smallest absolute Gasteiger partial charge is 0.374 e. The van der Waals surface area contributed by atoms with Crippen molar-refractivity contribution < 1.29 is 58.6 Å². The molecule has 0 N–H and O–H groups in total. The van der Waals surface area contributed by atoms with Gasteiger partial charge in [-0.25, -0.2) is 0 Å². The fourth-order valence-electron chi connectivity index (χ4n) is 0.0802. The van der Waals surface area contributed by atoms with Gasteiger partial charge in [-0.05, 0) is 0 Å². The molecular weight excluding hydrogens is 384 g/mol. The zero-order valence-electron chi connectivity index (χ0n) is 4.76. The Balaban J connectivity index is -0.000000180. The zero-order chi connectivity index (χ0) is 5.86. The van der Waals surface area contributed by atoms with Crippen molar-refractivity contribution in [2.24, 2.45) is 0 Å². The van der Waals surface area contributed by atoms with E-state index >= 15 is 0 Å². The van der Waals surface area contributed by atoms with E-state index in [0.29, 0.717) is 0 Å². The average Bonchev–Trinajstić information content (AvgIpc) is 1.65. The standard InChI is InChI=1S/C5H5ClO.W.Y/c1-3-4(2)5(6)7;;/h3H,1-2H2;;/q-2;+2;/b4-3+;;. The van der Waals surface area contributed by atoms with Crippen LogP contribution in [0.1, 0.15) is 0 Å². The number of carbonyl (C=O) groups excluding carboxylic acids is 1. The quantitative estimate of drug-likeness (QED) is 0.376. The number of hydrogen-bond donors (Lipinski definition) is 0. The van der Waals surface area contributed by atoms with Crippen LogP contribution in [-0.4, -0.2) is 5.24 Å². The Morgan fingerprint density at radius 3 is 1.89 bits per heavy atom. The van der Waals surface area contributed by atoms with Gasteiger partial charge in [0.25, 0.3) is 0 Å². The maximum atomic E-state index is 9.97.